The van der Waals surface area contributed by atoms with Crippen LogP contribution in [0.2, 0.25) is 0 Å². The van der Waals surface area contributed by atoms with Gasteiger partial charge in [-0.05, 0) is 31.5 Å². The zero-order valence-corrected chi connectivity index (χ0v) is 11.2. The van der Waals surface area contributed by atoms with E-state index in [1.165, 1.54) is 0 Å². The number of amidine groups is 1. The molecule has 1 atom stereocenters. The van der Waals surface area contributed by atoms with Gasteiger partial charge < -0.3 is 14.8 Å². The molecule has 0 amide bonds. The first-order valence-corrected chi connectivity index (χ1v) is 6.38. The Balaban J connectivity index is 2.22. The van der Waals surface area contributed by atoms with Gasteiger partial charge in [-0.25, -0.2) is 0 Å². The minimum atomic E-state index is 0.187. The molecule has 18 heavy (non-hydrogen) atoms. The second-order valence-corrected chi connectivity index (χ2v) is 4.36. The normalized spacial score (nSPS) is 15.8. The predicted octanol–water partition coefficient (Wildman–Crippen LogP) is 2.22. The van der Waals surface area contributed by atoms with E-state index in [-0.39, 0.29) is 6.10 Å². The molecule has 1 aliphatic rings. The number of rotatable bonds is 5. The van der Waals surface area contributed by atoms with E-state index in [0.717, 1.165) is 42.4 Å². The van der Waals surface area contributed by atoms with Crippen LogP contribution in [0.1, 0.15) is 25.8 Å². The third-order valence-corrected chi connectivity index (χ3v) is 3.01. The molecule has 2 rings (SSSR count). The van der Waals surface area contributed by atoms with Gasteiger partial charge in [-0.1, -0.05) is 6.92 Å². The Morgan fingerprint density at radius 2 is 2.22 bits per heavy atom. The smallest absolute Gasteiger partial charge is 0.161 e. The van der Waals surface area contributed by atoms with Crippen molar-refractivity contribution in [1.82, 2.24) is 5.32 Å². The third-order valence-electron chi connectivity index (χ3n) is 3.01. The van der Waals surface area contributed by atoms with Crippen LogP contribution in [-0.4, -0.2) is 32.1 Å². The Labute approximate surface area is 108 Å². The molecule has 4 nitrogen and oxygen atoms in total. The topological polar surface area (TPSA) is 42.8 Å². The lowest BCUT2D eigenvalue weighted by Crippen LogP contribution is -2.19. The Morgan fingerprint density at radius 3 is 2.83 bits per heavy atom. The zero-order chi connectivity index (χ0) is 13.0. The first kappa shape index (κ1) is 12.7. The molecule has 1 heterocycles. The van der Waals surface area contributed by atoms with Crippen molar-refractivity contribution in [2.24, 2.45) is 4.99 Å². The molecule has 1 aromatic rings. The maximum absolute atomic E-state index is 5.82. The molecule has 0 aliphatic carbocycles. The molecule has 0 saturated carbocycles. The van der Waals surface area contributed by atoms with Gasteiger partial charge >= 0.3 is 0 Å². The molecule has 0 radical (unpaired) electrons. The van der Waals surface area contributed by atoms with Crippen molar-refractivity contribution in [1.29, 1.82) is 0 Å². The summed E-state index contributed by atoms with van der Waals surface area (Å²) < 4.78 is 11.2. The van der Waals surface area contributed by atoms with Crippen LogP contribution < -0.4 is 14.8 Å². The lowest BCUT2D eigenvalue weighted by atomic mass is 10.2. The molecule has 0 fully saturated rings. The van der Waals surface area contributed by atoms with E-state index in [0.29, 0.717) is 0 Å². The average molecular weight is 248 g/mol. The molecule has 0 spiro atoms. The Morgan fingerprint density at radius 1 is 1.39 bits per heavy atom. The first-order chi connectivity index (χ1) is 8.74. The van der Waals surface area contributed by atoms with Gasteiger partial charge in [0.15, 0.2) is 11.5 Å². The van der Waals surface area contributed by atoms with Gasteiger partial charge in [0.05, 0.1) is 19.8 Å². The van der Waals surface area contributed by atoms with E-state index in [1.54, 1.807) is 7.11 Å². The summed E-state index contributed by atoms with van der Waals surface area (Å²) in [6, 6.07) is 5.93. The highest BCUT2D eigenvalue weighted by atomic mass is 16.5. The van der Waals surface area contributed by atoms with Crippen LogP contribution in [0.25, 0.3) is 0 Å². The van der Waals surface area contributed by atoms with Crippen LogP contribution in [0.15, 0.2) is 23.2 Å². The van der Waals surface area contributed by atoms with Crippen LogP contribution in [0.4, 0.5) is 0 Å². The highest BCUT2D eigenvalue weighted by Crippen LogP contribution is 2.29. The zero-order valence-electron chi connectivity index (χ0n) is 11.2. The number of hydrogen-bond donors (Lipinski definition) is 1. The summed E-state index contributed by atoms with van der Waals surface area (Å²) in [6.45, 7) is 5.89. The number of methoxy groups -OCH3 is 1. The molecule has 0 bridgehead atoms. The Bertz CT molecular complexity index is 443. The van der Waals surface area contributed by atoms with Crippen LogP contribution in [0, 0.1) is 0 Å². The quantitative estimate of drug-likeness (QED) is 0.869. The number of ether oxygens (including phenoxy) is 2. The van der Waals surface area contributed by atoms with E-state index in [9.17, 15) is 0 Å². The maximum atomic E-state index is 5.82. The fraction of sp³-hybridized carbons (Fsp3) is 0.500. The molecular formula is C14H20N2O2. The molecule has 4 heteroatoms. The van der Waals surface area contributed by atoms with Crippen LogP contribution in [0.3, 0.4) is 0 Å². The third kappa shape index (κ3) is 2.75. The minimum absolute atomic E-state index is 0.187. The van der Waals surface area contributed by atoms with Gasteiger partial charge in [0, 0.05) is 12.1 Å². The second kappa shape index (κ2) is 5.76. The Hall–Kier alpha value is -1.71. The minimum Gasteiger partial charge on any atom is -0.493 e. The summed E-state index contributed by atoms with van der Waals surface area (Å²) in [6.07, 6.45) is 1.16. The van der Waals surface area contributed by atoms with Crippen molar-refractivity contribution >= 4 is 5.84 Å². The van der Waals surface area contributed by atoms with E-state index in [4.69, 9.17) is 9.47 Å². The van der Waals surface area contributed by atoms with Crippen molar-refractivity contribution in [3.63, 3.8) is 0 Å². The fourth-order valence-corrected chi connectivity index (χ4v) is 1.80. The summed E-state index contributed by atoms with van der Waals surface area (Å²) >= 11 is 0. The monoisotopic (exact) mass is 248 g/mol. The van der Waals surface area contributed by atoms with Gasteiger partial charge in [-0.15, -0.1) is 0 Å². The summed E-state index contributed by atoms with van der Waals surface area (Å²) in [7, 11) is 1.66. The number of nitrogens with one attached hydrogen (secondary N) is 1. The maximum Gasteiger partial charge on any atom is 0.161 e. The lowest BCUT2D eigenvalue weighted by Gasteiger charge is -2.16. The van der Waals surface area contributed by atoms with Crippen molar-refractivity contribution in [3.8, 4) is 11.5 Å². The molecule has 0 saturated heterocycles. The fourth-order valence-electron chi connectivity index (χ4n) is 1.80. The first-order valence-electron chi connectivity index (χ1n) is 6.38. The van der Waals surface area contributed by atoms with Gasteiger partial charge in [0.25, 0.3) is 0 Å². The number of aliphatic imine (C=N–C) groups is 1. The molecular weight excluding hydrogens is 228 g/mol. The van der Waals surface area contributed by atoms with Gasteiger partial charge in [-0.2, -0.15) is 0 Å². The summed E-state index contributed by atoms with van der Waals surface area (Å²) in [5.74, 6) is 2.47. The van der Waals surface area contributed by atoms with Gasteiger partial charge in [0.2, 0.25) is 0 Å². The molecule has 1 aromatic carbocycles. The number of nitrogens with zero attached hydrogens (tertiary/aromatic N) is 1. The lowest BCUT2D eigenvalue weighted by molar-refractivity contribution is 0.207. The largest absolute Gasteiger partial charge is 0.493 e. The molecule has 0 aromatic heterocycles. The predicted molar refractivity (Wildman–Crippen MR) is 72.8 cm³/mol. The van der Waals surface area contributed by atoms with E-state index in [1.807, 2.05) is 18.2 Å². The molecule has 98 valence electrons. The second-order valence-electron chi connectivity index (χ2n) is 4.36. The molecule has 1 N–H and O–H groups in total. The van der Waals surface area contributed by atoms with Crippen LogP contribution in [-0.2, 0) is 0 Å². The standard InChI is InChI=1S/C14H20N2O2/c1-4-10(2)18-12-6-5-11(9-13(12)17-3)14-15-7-8-16-14/h5-6,9-10H,4,7-8H2,1-3H3,(H,15,16). The summed E-state index contributed by atoms with van der Waals surface area (Å²) in [5.41, 5.74) is 1.04. The highest BCUT2D eigenvalue weighted by Gasteiger charge is 2.13. The van der Waals surface area contributed by atoms with Crippen molar-refractivity contribution in [2.45, 2.75) is 26.4 Å². The number of benzene rings is 1. The van der Waals surface area contributed by atoms with Crippen molar-refractivity contribution in [3.05, 3.63) is 23.8 Å². The molecule has 1 aliphatic heterocycles. The van der Waals surface area contributed by atoms with E-state index in [2.05, 4.69) is 24.2 Å². The van der Waals surface area contributed by atoms with E-state index < -0.39 is 0 Å². The summed E-state index contributed by atoms with van der Waals surface area (Å²) in [5, 5.41) is 3.25. The average Bonchev–Trinajstić information content (AvgIpc) is 2.93. The van der Waals surface area contributed by atoms with Crippen LogP contribution in [0.5, 0.6) is 11.5 Å². The summed E-state index contributed by atoms with van der Waals surface area (Å²) in [4.78, 5) is 4.40. The van der Waals surface area contributed by atoms with Crippen molar-refractivity contribution in [2.75, 3.05) is 20.2 Å². The van der Waals surface area contributed by atoms with Gasteiger partial charge in [0.1, 0.15) is 5.84 Å². The van der Waals surface area contributed by atoms with Gasteiger partial charge in [-0.3, -0.25) is 4.99 Å². The van der Waals surface area contributed by atoms with Crippen molar-refractivity contribution < 1.29 is 9.47 Å². The SMILES string of the molecule is CCC(C)Oc1ccc(C2=NCCN2)cc1OC. The molecule has 1 unspecified atom stereocenters. The van der Waals surface area contributed by atoms with Crippen LogP contribution >= 0.6 is 0 Å². The highest BCUT2D eigenvalue weighted by molar-refractivity contribution is 6.00. The Kier molecular flexibility index (Phi) is 4.07. The van der Waals surface area contributed by atoms with E-state index >= 15 is 0 Å². The number of hydrogen-bond acceptors (Lipinski definition) is 4.